The van der Waals surface area contributed by atoms with E-state index in [-0.39, 0.29) is 0 Å². The third kappa shape index (κ3) is 9.41. The fourth-order valence-electron chi connectivity index (χ4n) is 2.94. The van der Waals surface area contributed by atoms with Crippen molar-refractivity contribution in [3.8, 4) is 0 Å². The predicted molar refractivity (Wildman–Crippen MR) is 76.8 cm³/mol. The van der Waals surface area contributed by atoms with Crippen molar-refractivity contribution in [1.82, 2.24) is 0 Å². The number of ether oxygens (including phenoxy) is 1. The zero-order valence-electron chi connectivity index (χ0n) is 12.5. The Morgan fingerprint density at radius 2 is 1.75 bits per heavy atom. The van der Waals surface area contributed by atoms with Crippen molar-refractivity contribution in [3.05, 3.63) is 0 Å². The van der Waals surface area contributed by atoms with Gasteiger partial charge in [-0.3, -0.25) is 0 Å². The molecule has 0 aromatic rings. The highest BCUT2D eigenvalue weighted by Gasteiger charge is 2.28. The van der Waals surface area contributed by atoms with Crippen LogP contribution in [0.2, 0.25) is 25.2 Å². The van der Waals surface area contributed by atoms with E-state index in [1.165, 1.54) is 12.1 Å². The fraction of sp³-hybridized carbons (Fsp3) is 1.00. The average Bonchev–Trinajstić information content (AvgIpc) is 1.98. The Labute approximate surface area is 104 Å². The lowest BCUT2D eigenvalue weighted by Crippen LogP contribution is -2.33. The van der Waals surface area contributed by atoms with Gasteiger partial charge in [-0.05, 0) is 17.8 Å². The van der Waals surface area contributed by atoms with Crippen LogP contribution < -0.4 is 0 Å². The van der Waals surface area contributed by atoms with Gasteiger partial charge in [0, 0.05) is 21.3 Å². The van der Waals surface area contributed by atoms with Gasteiger partial charge in [0.25, 0.3) is 0 Å². The first kappa shape index (κ1) is 16.2. The number of hydrogen-bond donors (Lipinski definition) is 0. The Balaban J connectivity index is 3.95. The van der Waals surface area contributed by atoms with E-state index in [0.717, 1.165) is 25.6 Å². The molecule has 0 saturated heterocycles. The highest BCUT2D eigenvalue weighted by Crippen LogP contribution is 2.32. The first-order valence-corrected chi connectivity index (χ1v) is 10.2. The van der Waals surface area contributed by atoms with E-state index in [4.69, 9.17) is 4.74 Å². The Bertz CT molecular complexity index is 182. The lowest BCUT2D eigenvalue weighted by atomic mass is 10.0. The zero-order valence-corrected chi connectivity index (χ0v) is 13.5. The quantitative estimate of drug-likeness (QED) is 0.461. The maximum Gasteiger partial charge on any atom is 0.0488 e. The molecular formula is C14H32OSi. The van der Waals surface area contributed by atoms with Crippen LogP contribution in [0.5, 0.6) is 0 Å². The summed E-state index contributed by atoms with van der Waals surface area (Å²) in [6, 6.07) is 2.81. The van der Waals surface area contributed by atoms with Crippen LogP contribution in [0.4, 0.5) is 0 Å². The van der Waals surface area contributed by atoms with Crippen molar-refractivity contribution in [2.24, 2.45) is 11.3 Å². The average molecular weight is 244 g/mol. The van der Waals surface area contributed by atoms with Crippen LogP contribution in [0, 0.1) is 11.3 Å². The monoisotopic (exact) mass is 244 g/mol. The van der Waals surface area contributed by atoms with Crippen molar-refractivity contribution in [3.63, 3.8) is 0 Å². The molecule has 0 bridgehead atoms. The predicted octanol–water partition coefficient (Wildman–Crippen LogP) is 4.80. The molecule has 0 spiro atoms. The van der Waals surface area contributed by atoms with E-state index in [1.54, 1.807) is 0 Å². The second kappa shape index (κ2) is 6.80. The van der Waals surface area contributed by atoms with Gasteiger partial charge in [0.15, 0.2) is 0 Å². The second-order valence-corrected chi connectivity index (χ2v) is 12.4. The molecule has 0 radical (unpaired) electrons. The molecule has 0 N–H and O–H groups in total. The van der Waals surface area contributed by atoms with Gasteiger partial charge >= 0.3 is 0 Å². The van der Waals surface area contributed by atoms with Crippen LogP contribution >= 0.6 is 0 Å². The lowest BCUT2D eigenvalue weighted by molar-refractivity contribution is 0.110. The molecule has 0 aliphatic carbocycles. The first-order chi connectivity index (χ1) is 7.16. The molecule has 0 aliphatic rings. The van der Waals surface area contributed by atoms with E-state index in [9.17, 15) is 0 Å². The van der Waals surface area contributed by atoms with Crippen LogP contribution in [-0.2, 0) is 4.74 Å². The largest absolute Gasteiger partial charge is 0.381 e. The Hall–Kier alpha value is 0.177. The molecule has 0 aromatic carbocycles. The van der Waals surface area contributed by atoms with Gasteiger partial charge in [0.2, 0.25) is 0 Å². The molecule has 0 rings (SSSR count). The molecule has 2 heteroatoms. The summed E-state index contributed by atoms with van der Waals surface area (Å²) in [4.78, 5) is 0. The number of rotatable bonds is 7. The van der Waals surface area contributed by atoms with E-state index in [1.807, 2.05) is 0 Å². The number of hydrogen-bond acceptors (Lipinski definition) is 1. The van der Waals surface area contributed by atoms with Crippen LogP contribution in [-0.4, -0.2) is 21.3 Å². The molecule has 1 unspecified atom stereocenters. The van der Waals surface area contributed by atoms with Gasteiger partial charge in [0.1, 0.15) is 0 Å². The SMILES string of the molecule is CCCOCC(C)C[Si](C)(C)CC(C)(C)C. The standard InChI is InChI=1S/C14H32OSi/c1-8-9-15-10-13(2)11-16(6,7)12-14(3,4)5/h13H,8-12H2,1-7H3. The Morgan fingerprint density at radius 3 is 2.19 bits per heavy atom. The third-order valence-electron chi connectivity index (χ3n) is 2.66. The first-order valence-electron chi connectivity index (χ1n) is 6.74. The second-order valence-electron chi connectivity index (χ2n) is 7.29. The molecule has 1 nitrogen and oxygen atoms in total. The summed E-state index contributed by atoms with van der Waals surface area (Å²) < 4.78 is 5.64. The summed E-state index contributed by atoms with van der Waals surface area (Å²) in [5.41, 5.74) is 0.486. The fourth-order valence-corrected chi connectivity index (χ4v) is 7.96. The Kier molecular flexibility index (Phi) is 6.88. The Morgan fingerprint density at radius 1 is 1.19 bits per heavy atom. The van der Waals surface area contributed by atoms with Gasteiger partial charge in [-0.1, -0.05) is 59.8 Å². The summed E-state index contributed by atoms with van der Waals surface area (Å²) in [5, 5.41) is 0. The maximum atomic E-state index is 5.64. The smallest absolute Gasteiger partial charge is 0.0488 e. The summed E-state index contributed by atoms with van der Waals surface area (Å²) in [5.74, 6) is 0.732. The minimum absolute atomic E-state index is 0.486. The summed E-state index contributed by atoms with van der Waals surface area (Å²) in [6.45, 7) is 18.5. The molecule has 0 saturated carbocycles. The van der Waals surface area contributed by atoms with Crippen molar-refractivity contribution in [2.75, 3.05) is 13.2 Å². The molecular weight excluding hydrogens is 212 g/mol. The molecule has 0 heterocycles. The van der Waals surface area contributed by atoms with Gasteiger partial charge in [-0.2, -0.15) is 0 Å². The van der Waals surface area contributed by atoms with E-state index >= 15 is 0 Å². The van der Waals surface area contributed by atoms with Gasteiger partial charge < -0.3 is 4.74 Å². The molecule has 0 aromatic heterocycles. The van der Waals surface area contributed by atoms with E-state index in [2.05, 4.69) is 47.7 Å². The van der Waals surface area contributed by atoms with Crippen molar-refractivity contribution in [2.45, 2.75) is 66.2 Å². The van der Waals surface area contributed by atoms with Crippen LogP contribution in [0.15, 0.2) is 0 Å². The van der Waals surface area contributed by atoms with Crippen LogP contribution in [0.3, 0.4) is 0 Å². The van der Waals surface area contributed by atoms with E-state index < -0.39 is 8.07 Å². The molecule has 0 aliphatic heterocycles. The molecule has 1 atom stereocenters. The highest BCUT2D eigenvalue weighted by molar-refractivity contribution is 6.77. The third-order valence-corrected chi connectivity index (χ3v) is 6.48. The minimum Gasteiger partial charge on any atom is -0.381 e. The molecule has 16 heavy (non-hydrogen) atoms. The summed E-state index contributed by atoms with van der Waals surface area (Å²) in [6.07, 6.45) is 1.13. The van der Waals surface area contributed by atoms with Crippen LogP contribution in [0.1, 0.15) is 41.0 Å². The van der Waals surface area contributed by atoms with Crippen molar-refractivity contribution >= 4 is 8.07 Å². The minimum atomic E-state index is -1.04. The topological polar surface area (TPSA) is 9.23 Å². The van der Waals surface area contributed by atoms with Crippen LogP contribution in [0.25, 0.3) is 0 Å². The normalized spacial score (nSPS) is 15.2. The van der Waals surface area contributed by atoms with Crippen molar-refractivity contribution < 1.29 is 4.74 Å². The molecule has 0 fully saturated rings. The highest BCUT2D eigenvalue weighted by atomic mass is 28.3. The maximum absolute atomic E-state index is 5.64. The molecule has 0 amide bonds. The summed E-state index contributed by atoms with van der Waals surface area (Å²) in [7, 11) is -1.04. The van der Waals surface area contributed by atoms with E-state index in [0.29, 0.717) is 5.41 Å². The van der Waals surface area contributed by atoms with Gasteiger partial charge in [0.05, 0.1) is 0 Å². The lowest BCUT2D eigenvalue weighted by Gasteiger charge is -2.32. The zero-order chi connectivity index (χ0) is 12.8. The summed E-state index contributed by atoms with van der Waals surface area (Å²) >= 11 is 0. The van der Waals surface area contributed by atoms with Gasteiger partial charge in [-0.25, -0.2) is 0 Å². The molecule has 98 valence electrons. The van der Waals surface area contributed by atoms with Gasteiger partial charge in [-0.15, -0.1) is 0 Å². The van der Waals surface area contributed by atoms with Crippen molar-refractivity contribution in [1.29, 1.82) is 0 Å².